The first-order valence-corrected chi connectivity index (χ1v) is 41.0. The van der Waals surface area contributed by atoms with Gasteiger partial charge in [0.1, 0.15) is 90.6 Å². The second-order valence-corrected chi connectivity index (χ2v) is 31.3. The molecule has 1 aliphatic rings. The number of rotatable bonds is 58. The molecule has 0 aromatic heterocycles. The maximum Gasteiger partial charge on any atom is 0.326 e. The molecule has 698 valence electrons. The number of carboxylic acid groups (broad SMARTS) is 5. The molecule has 0 bridgehead atoms. The molecule has 1 saturated heterocycles. The number of amides is 16. The zero-order chi connectivity index (χ0) is 94.8. The smallest absolute Gasteiger partial charge is 0.326 e. The normalized spacial score (nSPS) is 16.1. The molecule has 16 amide bonds. The highest BCUT2D eigenvalue weighted by Crippen LogP contribution is 2.22. The fourth-order valence-electron chi connectivity index (χ4n) is 12.6. The maximum atomic E-state index is 14.8. The van der Waals surface area contributed by atoms with Gasteiger partial charge in [0.05, 0.1) is 18.9 Å². The third-order valence-corrected chi connectivity index (χ3v) is 19.9. The Bertz CT molecular complexity index is 3970. The molecular weight excluding hydrogens is 1650 g/mol. The first-order chi connectivity index (χ1) is 58.5. The lowest BCUT2D eigenvalue weighted by atomic mass is 9.97. The van der Waals surface area contributed by atoms with E-state index in [0.717, 1.165) is 18.7 Å². The van der Waals surface area contributed by atoms with Gasteiger partial charge in [0, 0.05) is 38.8 Å². The summed E-state index contributed by atoms with van der Waals surface area (Å²) in [5.74, 6) is -26.2. The Morgan fingerprint density at radius 2 is 0.840 bits per heavy atom. The van der Waals surface area contributed by atoms with E-state index in [2.05, 4.69) is 74.4 Å². The Balaban J connectivity index is 2.53. The number of hydrogen-bond donors (Lipinski definition) is 25. The van der Waals surface area contributed by atoms with E-state index in [0.29, 0.717) is 12.0 Å². The zero-order valence-corrected chi connectivity index (χ0v) is 71.8. The van der Waals surface area contributed by atoms with Gasteiger partial charge in [-0.3, -0.25) is 101 Å². The van der Waals surface area contributed by atoms with Gasteiger partial charge in [-0.25, -0.2) is 4.79 Å². The number of nitrogens with one attached hydrogen (secondary N) is 16. The van der Waals surface area contributed by atoms with Crippen molar-refractivity contribution in [2.75, 3.05) is 19.6 Å². The predicted molar refractivity (Wildman–Crippen MR) is 443 cm³/mol. The summed E-state index contributed by atoms with van der Waals surface area (Å²) in [6.45, 7) is 14.5. The molecule has 0 aliphatic carbocycles. The topological polar surface area (TPSA) is 771 Å². The van der Waals surface area contributed by atoms with E-state index in [1.807, 2.05) is 5.32 Å². The van der Waals surface area contributed by atoms with Crippen LogP contribution in [0.3, 0.4) is 0 Å². The fourth-order valence-corrected chi connectivity index (χ4v) is 12.6. The van der Waals surface area contributed by atoms with Crippen molar-refractivity contribution in [1.82, 2.24) is 84.7 Å². The van der Waals surface area contributed by atoms with E-state index in [1.54, 1.807) is 58.0 Å². The summed E-state index contributed by atoms with van der Waals surface area (Å²) in [7, 11) is 0. The van der Waals surface area contributed by atoms with Crippen LogP contribution in [-0.4, -0.2) is 277 Å². The first kappa shape index (κ1) is 108. The summed E-state index contributed by atoms with van der Waals surface area (Å²) < 4.78 is 0. The van der Waals surface area contributed by atoms with Crippen molar-refractivity contribution in [1.29, 1.82) is 5.41 Å². The molecule has 1 heterocycles. The van der Waals surface area contributed by atoms with Crippen molar-refractivity contribution < 1.29 is 126 Å². The van der Waals surface area contributed by atoms with Gasteiger partial charge in [-0.05, 0) is 128 Å². The van der Waals surface area contributed by atoms with Crippen LogP contribution in [0.15, 0.2) is 30.3 Å². The lowest BCUT2D eigenvalue weighted by Gasteiger charge is -2.31. The lowest BCUT2D eigenvalue weighted by Crippen LogP contribution is -2.61. The lowest BCUT2D eigenvalue weighted by molar-refractivity contribution is -0.147. The van der Waals surface area contributed by atoms with Crippen LogP contribution in [-0.2, 0) is 107 Å². The van der Waals surface area contributed by atoms with Crippen molar-refractivity contribution in [3.8, 4) is 0 Å². The molecule has 0 radical (unpaired) electrons. The van der Waals surface area contributed by atoms with E-state index in [4.69, 9.17) is 33.5 Å². The van der Waals surface area contributed by atoms with Gasteiger partial charge in [-0.15, -0.1) is 0 Å². The number of nitrogens with two attached hydrogens (primary N) is 4. The monoisotopic (exact) mass is 1770 g/mol. The number of guanidine groups is 1. The zero-order valence-electron chi connectivity index (χ0n) is 71.8. The van der Waals surface area contributed by atoms with Gasteiger partial charge in [0.25, 0.3) is 0 Å². The van der Waals surface area contributed by atoms with Crippen LogP contribution in [0.1, 0.15) is 184 Å². The molecule has 29 N–H and O–H groups in total. The minimum atomic E-state index is -1.92. The van der Waals surface area contributed by atoms with E-state index in [1.165, 1.54) is 27.7 Å². The fraction of sp³-hybridized carbons (Fsp3) is 0.641. The summed E-state index contributed by atoms with van der Waals surface area (Å²) in [5.41, 5.74) is 22.8. The maximum absolute atomic E-state index is 14.8. The van der Waals surface area contributed by atoms with Crippen molar-refractivity contribution in [3.05, 3.63) is 35.9 Å². The third kappa shape index (κ3) is 40.0. The second-order valence-electron chi connectivity index (χ2n) is 31.3. The SMILES string of the molecule is CC[C@H](C)[C@H](NC(=O)[C@H](C)N)C(=O)N[C@@H](CCC(N)=O)C(=O)N[C@@H](CC(=O)O)C(=O)N1CCC[C@H]1C(=O)N[C@@H](CCCNC(=N)N)C(=O)N[C@@H](CC(C)C)C(=O)N[C@@H](Cc1ccccc1)C(=O)N[C@@H](C)C(=O)N[C@@H](CCC(=O)O)C(=O)N[C@@H](CCC(=O)O)C(=O)N[C@@H](CCCCN)C(=O)N[C@@H](C)C(=O)N[C@H](C(=O)N[C@@H](C)C(=O)N[C@@H](CC(=O)O)C(=O)O)C(C)C. The highest BCUT2D eigenvalue weighted by Gasteiger charge is 2.43. The van der Waals surface area contributed by atoms with Gasteiger partial charge in [0.15, 0.2) is 5.96 Å². The van der Waals surface area contributed by atoms with Crippen LogP contribution >= 0.6 is 0 Å². The van der Waals surface area contributed by atoms with Crippen LogP contribution in [0, 0.1) is 23.2 Å². The molecule has 1 aromatic rings. The third-order valence-electron chi connectivity index (χ3n) is 19.9. The van der Waals surface area contributed by atoms with Gasteiger partial charge in [-0.1, -0.05) is 78.3 Å². The van der Waals surface area contributed by atoms with E-state index in [-0.39, 0.29) is 77.4 Å². The van der Waals surface area contributed by atoms with E-state index in [9.17, 15) is 121 Å². The standard InChI is InChI=1S/C78H125N21O26/c1-11-39(6)61(98-62(109)40(7)80)75(122)92-47(24-27-55(81)100)70(117)95-52(35-58(105)106)76(123)99-32-18-23-54(99)73(120)91-46(22-17-31-84-78(82)83)67(114)93-50(33-37(2)3)72(119)94-51(34-44-19-13-12-14-20-44)71(118)86-41(8)63(110)88-48(25-28-56(101)102)68(115)90-49(26-29-57(103)104)69(116)89-45(21-15-16-30-79)66(113)85-43(10)65(112)97-60(38(4)5)74(121)87-42(9)64(111)96-53(77(124)125)36-59(107)108/h12-14,19-20,37-43,45-54,60-61H,11,15-18,21-36,79-80H2,1-10H3,(H2,81,100)(H,85,113)(H,86,118)(H,87,121)(H,88,110)(H,89,116)(H,90,115)(H,91,120)(H,92,122)(H,93,114)(H,94,119)(H,95,117)(H,96,111)(H,97,112)(H,98,109)(H,101,102)(H,103,104)(H,105,106)(H,107,108)(H,124,125)(H4,82,83,84)/t39-,40-,41-,42-,43-,45-,46-,47-,48-,49-,50-,51-,52-,53-,54-,60-,61-/m0/s1. The predicted octanol–water partition coefficient (Wildman–Crippen LogP) is -6.42. The van der Waals surface area contributed by atoms with Crippen LogP contribution in [0.25, 0.3) is 0 Å². The van der Waals surface area contributed by atoms with Crippen LogP contribution in [0.2, 0.25) is 0 Å². The average molecular weight is 1770 g/mol. The molecular formula is C78H125N21O26. The molecule has 1 aliphatic heterocycles. The number of carbonyl (C=O) groups excluding carboxylic acids is 16. The number of unbranched alkanes of at least 4 members (excludes halogenated alkanes) is 1. The molecule has 1 fully saturated rings. The summed E-state index contributed by atoms with van der Waals surface area (Å²) in [5, 5.41) is 92.1. The Kier molecular flexibility index (Phi) is 47.4. The Morgan fingerprint density at radius 3 is 1.30 bits per heavy atom. The summed E-state index contributed by atoms with van der Waals surface area (Å²) in [6, 6.07) is -17.1. The van der Waals surface area contributed by atoms with E-state index < -0.39 is 296 Å². The highest BCUT2D eigenvalue weighted by molar-refractivity contribution is 6.02. The Hall–Kier alpha value is -12.7. The van der Waals surface area contributed by atoms with Gasteiger partial charge in [0.2, 0.25) is 94.5 Å². The van der Waals surface area contributed by atoms with E-state index >= 15 is 0 Å². The van der Waals surface area contributed by atoms with Gasteiger partial charge >= 0.3 is 29.8 Å². The molecule has 125 heavy (non-hydrogen) atoms. The Labute approximate surface area is 721 Å². The molecule has 2 rings (SSSR count). The summed E-state index contributed by atoms with van der Waals surface area (Å²) >= 11 is 0. The molecule has 47 heteroatoms. The summed E-state index contributed by atoms with van der Waals surface area (Å²) in [4.78, 5) is 283. The number of primary amides is 1. The summed E-state index contributed by atoms with van der Waals surface area (Å²) in [6.07, 6.45) is -5.99. The molecule has 0 unspecified atom stereocenters. The van der Waals surface area contributed by atoms with Crippen LogP contribution in [0.5, 0.6) is 0 Å². The van der Waals surface area contributed by atoms with Crippen LogP contribution in [0.4, 0.5) is 0 Å². The quantitative estimate of drug-likeness (QED) is 0.0164. The number of carbonyl (C=O) groups is 21. The van der Waals surface area contributed by atoms with Crippen molar-refractivity contribution in [3.63, 3.8) is 0 Å². The van der Waals surface area contributed by atoms with Crippen molar-refractivity contribution >= 4 is 130 Å². The first-order valence-electron chi connectivity index (χ1n) is 41.0. The van der Waals surface area contributed by atoms with Crippen molar-refractivity contribution in [2.45, 2.75) is 281 Å². The van der Waals surface area contributed by atoms with Crippen molar-refractivity contribution in [2.24, 2.45) is 40.7 Å². The minimum absolute atomic E-state index is 0.0151. The number of nitrogens with zero attached hydrogens (tertiary/aromatic N) is 1. The molecule has 47 nitrogen and oxygen atoms in total. The number of benzene rings is 1. The number of aliphatic carboxylic acids is 5. The molecule has 0 spiro atoms. The highest BCUT2D eigenvalue weighted by atomic mass is 16.4. The number of likely N-dealkylation sites (tertiary alicyclic amines) is 1. The largest absolute Gasteiger partial charge is 0.481 e. The number of carboxylic acids is 5. The number of hydrogen-bond acceptors (Lipinski definition) is 24. The van der Waals surface area contributed by atoms with Gasteiger partial charge in [-0.2, -0.15) is 0 Å². The second kappa shape index (κ2) is 54.7. The van der Waals surface area contributed by atoms with Gasteiger partial charge < -0.3 is 133 Å². The molecule has 1 aromatic carbocycles. The van der Waals surface area contributed by atoms with Crippen LogP contribution < -0.4 is 103 Å². The minimum Gasteiger partial charge on any atom is -0.481 e. The average Bonchev–Trinajstić information content (AvgIpc) is 1.71. The molecule has 17 atom stereocenters. The molecule has 0 saturated carbocycles. The Morgan fingerprint density at radius 1 is 0.440 bits per heavy atom.